The van der Waals surface area contributed by atoms with Crippen LogP contribution in [0.15, 0.2) is 65.6 Å². The summed E-state index contributed by atoms with van der Waals surface area (Å²) in [6, 6.07) is 16.4. The molecule has 0 aromatic heterocycles. The molecule has 1 atom stereocenters. The van der Waals surface area contributed by atoms with Crippen molar-refractivity contribution < 1.29 is 17.9 Å². The fraction of sp³-hybridized carbons (Fsp3) is 0.240. The first-order chi connectivity index (χ1) is 15.6. The number of sulfonamides is 1. The molecule has 1 amide bonds. The predicted octanol–water partition coefficient (Wildman–Crippen LogP) is 4.80. The predicted molar refractivity (Wildman–Crippen MR) is 132 cm³/mol. The Balaban J connectivity index is 1.96. The minimum atomic E-state index is -4.13. The van der Waals surface area contributed by atoms with Crippen LogP contribution in [0, 0.1) is 20.8 Å². The van der Waals surface area contributed by atoms with E-state index in [1.807, 2.05) is 63.2 Å². The van der Waals surface area contributed by atoms with E-state index in [0.717, 1.165) is 22.3 Å². The number of hydrogen-bond donors (Lipinski definition) is 2. The van der Waals surface area contributed by atoms with Crippen LogP contribution >= 0.6 is 11.6 Å². The fourth-order valence-corrected chi connectivity index (χ4v) is 5.36. The van der Waals surface area contributed by atoms with Crippen LogP contribution in [0.4, 0.5) is 5.69 Å². The Bertz CT molecular complexity index is 1240. The number of aryl methyl sites for hydroxylation is 3. The Morgan fingerprint density at radius 1 is 1.00 bits per heavy atom. The van der Waals surface area contributed by atoms with Crippen LogP contribution in [0.1, 0.15) is 22.3 Å². The van der Waals surface area contributed by atoms with Gasteiger partial charge in [-0.2, -0.15) is 4.72 Å². The van der Waals surface area contributed by atoms with E-state index >= 15 is 0 Å². The molecule has 0 unspecified atom stereocenters. The second kappa shape index (κ2) is 10.4. The molecule has 0 aliphatic carbocycles. The maximum Gasteiger partial charge on any atom is 0.245 e. The lowest BCUT2D eigenvalue weighted by Crippen LogP contribution is -2.45. The van der Waals surface area contributed by atoms with Crippen molar-refractivity contribution in [3.05, 3.63) is 87.9 Å². The molecular formula is C25H27ClN2O4S. The Morgan fingerprint density at radius 3 is 2.24 bits per heavy atom. The van der Waals surface area contributed by atoms with Crippen LogP contribution in [-0.4, -0.2) is 27.5 Å². The molecule has 0 fully saturated rings. The van der Waals surface area contributed by atoms with E-state index in [0.29, 0.717) is 5.69 Å². The van der Waals surface area contributed by atoms with Crippen LogP contribution < -0.4 is 14.8 Å². The largest absolute Gasteiger partial charge is 0.495 e. The van der Waals surface area contributed by atoms with Crippen molar-refractivity contribution in [2.45, 2.75) is 38.1 Å². The van der Waals surface area contributed by atoms with Gasteiger partial charge in [0.15, 0.2) is 0 Å². The van der Waals surface area contributed by atoms with Gasteiger partial charge in [0.05, 0.1) is 7.11 Å². The lowest BCUT2D eigenvalue weighted by molar-refractivity contribution is -0.117. The minimum Gasteiger partial charge on any atom is -0.495 e. The van der Waals surface area contributed by atoms with Gasteiger partial charge in [-0.15, -0.1) is 0 Å². The van der Waals surface area contributed by atoms with Crippen LogP contribution in [0.3, 0.4) is 0 Å². The number of carbonyl (C=O) groups is 1. The van der Waals surface area contributed by atoms with Crippen molar-refractivity contribution in [3.63, 3.8) is 0 Å². The third-order valence-corrected chi connectivity index (χ3v) is 6.96. The van der Waals surface area contributed by atoms with Crippen molar-refractivity contribution in [2.24, 2.45) is 0 Å². The van der Waals surface area contributed by atoms with Crippen molar-refractivity contribution in [2.75, 3.05) is 12.4 Å². The third kappa shape index (κ3) is 6.13. The van der Waals surface area contributed by atoms with Crippen molar-refractivity contribution in [1.82, 2.24) is 4.72 Å². The number of ether oxygens (including phenoxy) is 1. The summed E-state index contributed by atoms with van der Waals surface area (Å²) in [6.07, 6.45) is 0.165. The van der Waals surface area contributed by atoms with Gasteiger partial charge in [0.1, 0.15) is 16.7 Å². The first-order valence-electron chi connectivity index (χ1n) is 10.4. The summed E-state index contributed by atoms with van der Waals surface area (Å²) in [5.74, 6) is -0.325. The smallest absolute Gasteiger partial charge is 0.245 e. The van der Waals surface area contributed by atoms with E-state index in [2.05, 4.69) is 10.0 Å². The molecule has 6 nitrogen and oxygen atoms in total. The second-order valence-corrected chi connectivity index (χ2v) is 10.0. The monoisotopic (exact) mass is 486 g/mol. The third-order valence-electron chi connectivity index (χ3n) is 5.24. The number of nitrogens with one attached hydrogen (secondary N) is 2. The lowest BCUT2D eigenvalue weighted by Gasteiger charge is -2.21. The van der Waals surface area contributed by atoms with Gasteiger partial charge in [-0.1, -0.05) is 59.6 Å². The fourth-order valence-electron chi connectivity index (χ4n) is 3.74. The first kappa shape index (κ1) is 24.8. The van der Waals surface area contributed by atoms with Gasteiger partial charge in [-0.3, -0.25) is 4.79 Å². The number of carbonyl (C=O) groups excluding carboxylic acids is 1. The molecule has 174 valence electrons. The van der Waals surface area contributed by atoms with Gasteiger partial charge < -0.3 is 10.1 Å². The van der Waals surface area contributed by atoms with Gasteiger partial charge in [0.25, 0.3) is 0 Å². The number of anilines is 1. The van der Waals surface area contributed by atoms with Crippen LogP contribution in [0.2, 0.25) is 5.02 Å². The molecule has 3 aromatic carbocycles. The van der Waals surface area contributed by atoms with E-state index in [1.54, 1.807) is 0 Å². The number of methoxy groups -OCH3 is 1. The number of amides is 1. The van der Waals surface area contributed by atoms with Gasteiger partial charge in [0, 0.05) is 10.7 Å². The highest BCUT2D eigenvalue weighted by atomic mass is 35.5. The zero-order valence-electron chi connectivity index (χ0n) is 19.0. The second-order valence-electron chi connectivity index (χ2n) is 7.92. The van der Waals surface area contributed by atoms with Gasteiger partial charge in [-0.25, -0.2) is 8.42 Å². The number of rotatable bonds is 8. The topological polar surface area (TPSA) is 84.5 Å². The quantitative estimate of drug-likeness (QED) is 0.479. The summed E-state index contributed by atoms with van der Waals surface area (Å²) >= 11 is 6.04. The average Bonchev–Trinajstić information content (AvgIpc) is 2.76. The molecule has 0 aliphatic rings. The highest BCUT2D eigenvalue weighted by Gasteiger charge is 2.29. The van der Waals surface area contributed by atoms with Gasteiger partial charge in [0.2, 0.25) is 15.9 Å². The molecule has 3 rings (SSSR count). The molecule has 0 heterocycles. The Hall–Kier alpha value is -2.87. The van der Waals surface area contributed by atoms with E-state index < -0.39 is 22.0 Å². The van der Waals surface area contributed by atoms with E-state index in [1.165, 1.54) is 25.3 Å². The zero-order valence-corrected chi connectivity index (χ0v) is 20.5. The molecule has 0 saturated heterocycles. The van der Waals surface area contributed by atoms with Crippen LogP contribution in [-0.2, 0) is 21.2 Å². The summed E-state index contributed by atoms with van der Waals surface area (Å²) in [6.45, 7) is 5.79. The highest BCUT2D eigenvalue weighted by Crippen LogP contribution is 2.28. The molecule has 0 radical (unpaired) electrons. The lowest BCUT2D eigenvalue weighted by atomic mass is 10.0. The normalized spacial score (nSPS) is 12.3. The number of benzene rings is 3. The highest BCUT2D eigenvalue weighted by molar-refractivity contribution is 7.89. The maximum atomic E-state index is 13.3. The van der Waals surface area contributed by atoms with E-state index in [9.17, 15) is 13.2 Å². The molecule has 33 heavy (non-hydrogen) atoms. The van der Waals surface area contributed by atoms with Crippen molar-refractivity contribution in [3.8, 4) is 5.75 Å². The SMILES string of the molecule is COc1ccc(Cl)cc1S(=O)(=O)N[C@@H](Cc1ccccc1)C(=O)Nc1c(C)cc(C)cc1C. The minimum absolute atomic E-state index is 0.133. The summed E-state index contributed by atoms with van der Waals surface area (Å²) in [5.41, 5.74) is 4.37. The maximum absolute atomic E-state index is 13.3. The molecule has 8 heteroatoms. The molecule has 0 spiro atoms. The molecule has 0 aliphatic heterocycles. The molecule has 0 bridgehead atoms. The summed E-state index contributed by atoms with van der Waals surface area (Å²) in [7, 11) is -2.76. The Kier molecular flexibility index (Phi) is 7.79. The number of hydrogen-bond acceptors (Lipinski definition) is 4. The Labute approximate surface area is 200 Å². The van der Waals surface area contributed by atoms with Crippen molar-refractivity contribution in [1.29, 1.82) is 0 Å². The molecule has 3 aromatic rings. The van der Waals surface area contributed by atoms with E-state index in [-0.39, 0.29) is 22.1 Å². The first-order valence-corrected chi connectivity index (χ1v) is 12.3. The summed E-state index contributed by atoms with van der Waals surface area (Å²) in [5, 5.41) is 3.16. The standard InChI is InChI=1S/C25H27ClN2O4S/c1-16-12-17(2)24(18(3)13-16)27-25(29)21(14-19-8-6-5-7-9-19)28-33(30,31)23-15-20(26)10-11-22(23)32-4/h5-13,15,21,28H,14H2,1-4H3,(H,27,29)/t21-/m0/s1. The average molecular weight is 487 g/mol. The number of halogens is 1. The van der Waals surface area contributed by atoms with Crippen LogP contribution in [0.5, 0.6) is 5.75 Å². The van der Waals surface area contributed by atoms with Crippen molar-refractivity contribution >= 4 is 33.2 Å². The zero-order chi connectivity index (χ0) is 24.2. The molecular weight excluding hydrogens is 460 g/mol. The molecule has 2 N–H and O–H groups in total. The Morgan fingerprint density at radius 2 is 1.64 bits per heavy atom. The van der Waals surface area contributed by atoms with Crippen LogP contribution in [0.25, 0.3) is 0 Å². The van der Waals surface area contributed by atoms with E-state index in [4.69, 9.17) is 16.3 Å². The summed E-state index contributed by atoms with van der Waals surface area (Å²) < 4.78 is 34.3. The summed E-state index contributed by atoms with van der Waals surface area (Å²) in [4.78, 5) is 13.2. The van der Waals surface area contributed by atoms with Gasteiger partial charge in [-0.05, 0) is 62.1 Å². The van der Waals surface area contributed by atoms with Gasteiger partial charge >= 0.3 is 0 Å². The molecule has 0 saturated carbocycles.